The summed E-state index contributed by atoms with van der Waals surface area (Å²) >= 11 is 0. The van der Waals surface area contributed by atoms with Crippen LogP contribution in [-0.4, -0.2) is 57.9 Å². The lowest BCUT2D eigenvalue weighted by Crippen LogP contribution is -2.41. The van der Waals surface area contributed by atoms with Crippen LogP contribution in [0.25, 0.3) is 0 Å². The van der Waals surface area contributed by atoms with Crippen molar-refractivity contribution >= 4 is 10.0 Å². The minimum Gasteiger partial charge on any atom is -0.380 e. The summed E-state index contributed by atoms with van der Waals surface area (Å²) in [6.07, 6.45) is 2.57. The van der Waals surface area contributed by atoms with E-state index in [-0.39, 0.29) is 5.25 Å². The van der Waals surface area contributed by atoms with Gasteiger partial charge in [-0.25, -0.2) is 12.7 Å². The first-order chi connectivity index (χ1) is 8.14. The maximum atomic E-state index is 12.4. The molecule has 0 bridgehead atoms. The molecule has 2 heterocycles. The van der Waals surface area contributed by atoms with Crippen molar-refractivity contribution in [3.63, 3.8) is 0 Å². The molecule has 0 radical (unpaired) electrons. The molecule has 2 saturated heterocycles. The molecule has 2 aliphatic rings. The first kappa shape index (κ1) is 13.3. The largest absolute Gasteiger partial charge is 0.380 e. The Balaban J connectivity index is 1.96. The van der Waals surface area contributed by atoms with Crippen LogP contribution in [0.15, 0.2) is 0 Å². The van der Waals surface area contributed by atoms with E-state index in [1.807, 2.05) is 7.05 Å². The zero-order valence-electron chi connectivity index (χ0n) is 10.4. The molecule has 1 N–H and O–H groups in total. The quantitative estimate of drug-likeness (QED) is 0.777. The lowest BCUT2D eigenvalue weighted by atomic mass is 10.1. The lowest BCUT2D eigenvalue weighted by molar-refractivity contribution is 0.0977. The maximum absolute atomic E-state index is 12.4. The van der Waals surface area contributed by atoms with Crippen LogP contribution >= 0.6 is 0 Å². The van der Waals surface area contributed by atoms with E-state index in [1.165, 1.54) is 0 Å². The van der Waals surface area contributed by atoms with Gasteiger partial charge in [-0.2, -0.15) is 0 Å². The number of hydrogen-bond acceptors (Lipinski definition) is 4. The third kappa shape index (κ3) is 2.99. The van der Waals surface area contributed by atoms with Crippen molar-refractivity contribution in [1.29, 1.82) is 0 Å². The Morgan fingerprint density at radius 2 is 2.24 bits per heavy atom. The first-order valence-electron chi connectivity index (χ1n) is 6.36. The summed E-state index contributed by atoms with van der Waals surface area (Å²) in [5, 5.41) is 2.80. The Labute approximate surface area is 104 Å². The van der Waals surface area contributed by atoms with Gasteiger partial charge in [0.15, 0.2) is 0 Å². The Hall–Kier alpha value is -0.170. The molecule has 2 atom stereocenters. The van der Waals surface area contributed by atoms with Crippen molar-refractivity contribution in [3.05, 3.63) is 0 Å². The molecule has 2 unspecified atom stereocenters. The number of nitrogens with one attached hydrogen (secondary N) is 1. The highest BCUT2D eigenvalue weighted by molar-refractivity contribution is 7.89. The van der Waals surface area contributed by atoms with Gasteiger partial charge in [0.1, 0.15) is 0 Å². The molecule has 0 aromatic rings. The molecule has 5 nitrogen and oxygen atoms in total. The lowest BCUT2D eigenvalue weighted by Gasteiger charge is -2.27. The van der Waals surface area contributed by atoms with Gasteiger partial charge < -0.3 is 10.1 Å². The molecule has 0 spiro atoms. The van der Waals surface area contributed by atoms with Crippen LogP contribution < -0.4 is 5.32 Å². The number of sulfonamides is 1. The number of hydrogen-bond donors (Lipinski definition) is 1. The van der Waals surface area contributed by atoms with Crippen molar-refractivity contribution < 1.29 is 13.2 Å². The molecule has 6 heteroatoms. The van der Waals surface area contributed by atoms with Gasteiger partial charge in [0.05, 0.1) is 11.9 Å². The van der Waals surface area contributed by atoms with Crippen molar-refractivity contribution in [3.8, 4) is 0 Å². The van der Waals surface area contributed by atoms with Gasteiger partial charge in [-0.05, 0) is 38.8 Å². The monoisotopic (exact) mass is 262 g/mol. The predicted molar refractivity (Wildman–Crippen MR) is 66.4 cm³/mol. The van der Waals surface area contributed by atoms with Gasteiger partial charge >= 0.3 is 0 Å². The van der Waals surface area contributed by atoms with Crippen LogP contribution in [0.4, 0.5) is 0 Å². The number of ether oxygens (including phenoxy) is 1. The van der Waals surface area contributed by atoms with E-state index in [2.05, 4.69) is 5.32 Å². The van der Waals surface area contributed by atoms with E-state index in [4.69, 9.17) is 4.74 Å². The Bertz CT molecular complexity index is 339. The highest BCUT2D eigenvalue weighted by Gasteiger charge is 2.37. The Kier molecular flexibility index (Phi) is 4.41. The van der Waals surface area contributed by atoms with Gasteiger partial charge in [-0.15, -0.1) is 0 Å². The van der Waals surface area contributed by atoms with Crippen molar-refractivity contribution in [2.75, 3.05) is 39.9 Å². The summed E-state index contributed by atoms with van der Waals surface area (Å²) < 4.78 is 31.7. The third-order valence-electron chi connectivity index (χ3n) is 3.64. The minimum absolute atomic E-state index is 0.315. The highest BCUT2D eigenvalue weighted by Crippen LogP contribution is 2.24. The van der Waals surface area contributed by atoms with E-state index in [9.17, 15) is 8.42 Å². The molecule has 17 heavy (non-hydrogen) atoms. The topological polar surface area (TPSA) is 58.6 Å². The fraction of sp³-hybridized carbons (Fsp3) is 1.00. The Morgan fingerprint density at radius 1 is 1.41 bits per heavy atom. The van der Waals surface area contributed by atoms with Gasteiger partial charge in [0, 0.05) is 19.7 Å². The summed E-state index contributed by atoms with van der Waals surface area (Å²) in [6, 6.07) is 0. The molecule has 100 valence electrons. The molecule has 0 amide bonds. The van der Waals surface area contributed by atoms with E-state index in [1.54, 1.807) is 4.31 Å². The molecule has 2 fully saturated rings. The smallest absolute Gasteiger partial charge is 0.219 e. The van der Waals surface area contributed by atoms with Crippen LogP contribution in [-0.2, 0) is 14.8 Å². The van der Waals surface area contributed by atoms with E-state index >= 15 is 0 Å². The summed E-state index contributed by atoms with van der Waals surface area (Å²) in [5.74, 6) is 0.458. The maximum Gasteiger partial charge on any atom is 0.219 e. The second-order valence-corrected chi connectivity index (χ2v) is 7.17. The normalized spacial score (nSPS) is 31.8. The zero-order valence-corrected chi connectivity index (χ0v) is 11.2. The molecular formula is C11H22N2O3S. The standard InChI is InChI=1S/C11H22N2O3S/c1-12-7-10-4-5-13(8-10)17(14,15)11-3-2-6-16-9-11/h10-12H,2-9H2,1H3. The van der Waals surface area contributed by atoms with Crippen LogP contribution in [0.5, 0.6) is 0 Å². The number of rotatable bonds is 4. The van der Waals surface area contributed by atoms with E-state index in [0.29, 0.717) is 32.2 Å². The average molecular weight is 262 g/mol. The second kappa shape index (κ2) is 5.65. The second-order valence-electron chi connectivity index (χ2n) is 4.95. The molecular weight excluding hydrogens is 240 g/mol. The molecule has 0 saturated carbocycles. The van der Waals surface area contributed by atoms with Crippen LogP contribution in [0.3, 0.4) is 0 Å². The predicted octanol–water partition coefficient (Wildman–Crippen LogP) is 0.0365. The van der Waals surface area contributed by atoms with Crippen molar-refractivity contribution in [2.45, 2.75) is 24.5 Å². The third-order valence-corrected chi connectivity index (χ3v) is 5.91. The zero-order chi connectivity index (χ0) is 12.3. The molecule has 0 aromatic heterocycles. The van der Waals surface area contributed by atoms with Gasteiger partial charge in [-0.3, -0.25) is 0 Å². The number of nitrogens with zero attached hydrogens (tertiary/aromatic N) is 1. The van der Waals surface area contributed by atoms with Gasteiger partial charge in [0.2, 0.25) is 10.0 Å². The van der Waals surface area contributed by atoms with E-state index < -0.39 is 10.0 Å². The van der Waals surface area contributed by atoms with Crippen molar-refractivity contribution in [1.82, 2.24) is 9.62 Å². The van der Waals surface area contributed by atoms with Crippen molar-refractivity contribution in [2.24, 2.45) is 5.92 Å². The first-order valence-corrected chi connectivity index (χ1v) is 7.86. The SMILES string of the molecule is CNCC1CCN(S(=O)(=O)C2CCCOC2)C1. The summed E-state index contributed by atoms with van der Waals surface area (Å²) in [7, 11) is -1.22. The minimum atomic E-state index is -3.13. The summed E-state index contributed by atoms with van der Waals surface area (Å²) in [6.45, 7) is 3.31. The van der Waals surface area contributed by atoms with Crippen LogP contribution in [0.2, 0.25) is 0 Å². The fourth-order valence-electron chi connectivity index (χ4n) is 2.64. The summed E-state index contributed by atoms with van der Waals surface area (Å²) in [4.78, 5) is 0. The molecule has 2 aliphatic heterocycles. The van der Waals surface area contributed by atoms with E-state index in [0.717, 1.165) is 25.8 Å². The van der Waals surface area contributed by atoms with Gasteiger partial charge in [0.25, 0.3) is 0 Å². The molecule has 0 aliphatic carbocycles. The van der Waals surface area contributed by atoms with Gasteiger partial charge in [-0.1, -0.05) is 0 Å². The molecule has 2 rings (SSSR count). The average Bonchev–Trinajstić information content (AvgIpc) is 2.80. The highest BCUT2D eigenvalue weighted by atomic mass is 32.2. The fourth-order valence-corrected chi connectivity index (χ4v) is 4.57. The van der Waals surface area contributed by atoms with Crippen LogP contribution in [0.1, 0.15) is 19.3 Å². The summed E-state index contributed by atoms with van der Waals surface area (Å²) in [5.41, 5.74) is 0. The molecule has 0 aromatic carbocycles. The Morgan fingerprint density at radius 3 is 2.88 bits per heavy atom. The van der Waals surface area contributed by atoms with Crippen LogP contribution in [0, 0.1) is 5.92 Å².